The van der Waals surface area contributed by atoms with E-state index in [1.807, 2.05) is 11.3 Å². The molecule has 2 heterocycles. The fourth-order valence-corrected chi connectivity index (χ4v) is 10.2. The van der Waals surface area contributed by atoms with Crippen molar-refractivity contribution >= 4 is 70.4 Å². The first-order chi connectivity index (χ1) is 26.5. The summed E-state index contributed by atoms with van der Waals surface area (Å²) in [6, 6.07) is 67.0. The Labute approximate surface area is 318 Å². The van der Waals surface area contributed by atoms with Crippen LogP contribution in [0.2, 0.25) is 0 Å². The smallest absolute Gasteiger partial charge is 0.0541 e. The zero-order valence-electron chi connectivity index (χ0n) is 30.1. The van der Waals surface area contributed by atoms with E-state index in [0.29, 0.717) is 0 Å². The van der Waals surface area contributed by atoms with Crippen LogP contribution in [0.4, 0.5) is 17.1 Å². The van der Waals surface area contributed by atoms with Gasteiger partial charge in [-0.05, 0) is 100 Å². The molecule has 0 saturated carbocycles. The van der Waals surface area contributed by atoms with Gasteiger partial charge in [0.1, 0.15) is 0 Å². The molecule has 0 spiro atoms. The standard InChI is InChI=1S/C51H36N2S/c1-51(2)45-30-28-36(53-47-20-9-6-15-40(47)41-16-7-10-21-48(41)53)31-44(45)39-29-27-37(32-46(39)51)52(34-13-4-3-5-14-34)35-25-23-33(24-26-35)38-18-12-19-43-42-17-8-11-22-49(42)54-50(38)43/h3-32H,1-2H3. The van der Waals surface area contributed by atoms with Gasteiger partial charge in [-0.25, -0.2) is 0 Å². The van der Waals surface area contributed by atoms with Gasteiger partial charge in [0.05, 0.1) is 11.0 Å². The summed E-state index contributed by atoms with van der Waals surface area (Å²) >= 11 is 1.88. The zero-order chi connectivity index (χ0) is 36.0. The number of fused-ring (bicyclic) bond motifs is 9. The van der Waals surface area contributed by atoms with Crippen molar-refractivity contribution in [3.63, 3.8) is 0 Å². The molecule has 256 valence electrons. The van der Waals surface area contributed by atoms with Gasteiger partial charge in [-0.2, -0.15) is 0 Å². The van der Waals surface area contributed by atoms with Crippen LogP contribution in [0.1, 0.15) is 25.0 Å². The van der Waals surface area contributed by atoms with Crippen molar-refractivity contribution in [1.82, 2.24) is 4.57 Å². The van der Waals surface area contributed by atoms with Crippen molar-refractivity contribution < 1.29 is 0 Å². The van der Waals surface area contributed by atoms with Crippen LogP contribution in [0, 0.1) is 0 Å². The van der Waals surface area contributed by atoms with Gasteiger partial charge in [-0.1, -0.05) is 129 Å². The molecule has 3 heteroatoms. The Morgan fingerprint density at radius 3 is 1.83 bits per heavy atom. The van der Waals surface area contributed by atoms with Gasteiger partial charge in [0.25, 0.3) is 0 Å². The van der Waals surface area contributed by atoms with Crippen LogP contribution < -0.4 is 4.90 Å². The van der Waals surface area contributed by atoms with Gasteiger partial charge in [-0.15, -0.1) is 11.3 Å². The van der Waals surface area contributed by atoms with E-state index in [-0.39, 0.29) is 5.41 Å². The van der Waals surface area contributed by atoms with Crippen molar-refractivity contribution in [3.8, 4) is 27.9 Å². The lowest BCUT2D eigenvalue weighted by Gasteiger charge is -2.28. The first kappa shape index (κ1) is 31.1. The summed E-state index contributed by atoms with van der Waals surface area (Å²) in [5.41, 5.74) is 14.8. The molecule has 54 heavy (non-hydrogen) atoms. The number of rotatable bonds is 5. The van der Waals surface area contributed by atoms with Gasteiger partial charge >= 0.3 is 0 Å². The minimum atomic E-state index is -0.158. The van der Waals surface area contributed by atoms with Crippen LogP contribution in [-0.2, 0) is 5.41 Å². The van der Waals surface area contributed by atoms with Crippen LogP contribution in [0.3, 0.4) is 0 Å². The topological polar surface area (TPSA) is 8.17 Å². The first-order valence-corrected chi connectivity index (χ1v) is 19.5. The molecule has 1 aliphatic rings. The number of nitrogens with zero attached hydrogens (tertiary/aromatic N) is 2. The predicted octanol–water partition coefficient (Wildman–Crippen LogP) is 14.6. The monoisotopic (exact) mass is 708 g/mol. The summed E-state index contributed by atoms with van der Waals surface area (Å²) in [6.07, 6.45) is 0. The molecule has 0 amide bonds. The Kier molecular flexibility index (Phi) is 6.80. The Balaban J connectivity index is 1.02. The molecule has 0 bridgehead atoms. The third-order valence-corrected chi connectivity index (χ3v) is 12.8. The maximum atomic E-state index is 2.42. The van der Waals surface area contributed by atoms with Gasteiger partial charge in [-0.3, -0.25) is 0 Å². The number of hydrogen-bond acceptors (Lipinski definition) is 2. The van der Waals surface area contributed by atoms with Gasteiger partial charge in [0, 0.05) is 59.1 Å². The fourth-order valence-electron chi connectivity index (χ4n) is 9.00. The van der Waals surface area contributed by atoms with Crippen LogP contribution in [-0.4, -0.2) is 4.57 Å². The minimum absolute atomic E-state index is 0.158. The quantitative estimate of drug-likeness (QED) is 0.173. The average molecular weight is 709 g/mol. The molecule has 0 atom stereocenters. The Hall–Kier alpha value is -6.42. The third-order valence-electron chi connectivity index (χ3n) is 11.6. The highest BCUT2D eigenvalue weighted by Crippen LogP contribution is 2.52. The van der Waals surface area contributed by atoms with E-state index in [2.05, 4.69) is 205 Å². The average Bonchev–Trinajstić information content (AvgIpc) is 3.84. The zero-order valence-corrected chi connectivity index (χ0v) is 30.9. The summed E-state index contributed by atoms with van der Waals surface area (Å²) in [5, 5.41) is 5.22. The van der Waals surface area contributed by atoms with Crippen molar-refractivity contribution in [3.05, 3.63) is 193 Å². The van der Waals surface area contributed by atoms with Crippen molar-refractivity contribution in [2.45, 2.75) is 19.3 Å². The molecule has 0 N–H and O–H groups in total. The Morgan fingerprint density at radius 1 is 0.444 bits per heavy atom. The largest absolute Gasteiger partial charge is 0.310 e. The Bertz CT molecular complexity index is 3020. The SMILES string of the molecule is CC1(C)c2ccc(-n3c4ccccc4c4ccccc43)cc2-c2ccc(N(c3ccccc3)c3ccc(-c4cccc5c4sc4ccccc45)cc3)cc21. The van der Waals surface area contributed by atoms with E-state index < -0.39 is 0 Å². The summed E-state index contributed by atoms with van der Waals surface area (Å²) in [7, 11) is 0. The summed E-state index contributed by atoms with van der Waals surface area (Å²) in [5.74, 6) is 0. The number of aromatic nitrogens is 1. The lowest BCUT2D eigenvalue weighted by Crippen LogP contribution is -2.16. The number of benzene rings is 8. The molecule has 2 nitrogen and oxygen atoms in total. The van der Waals surface area contributed by atoms with E-state index in [1.165, 1.54) is 81.0 Å². The van der Waals surface area contributed by atoms with E-state index in [4.69, 9.17) is 0 Å². The van der Waals surface area contributed by atoms with E-state index in [0.717, 1.165) is 17.1 Å². The van der Waals surface area contributed by atoms with Crippen molar-refractivity contribution in [2.75, 3.05) is 4.90 Å². The molecule has 1 aliphatic carbocycles. The second-order valence-corrected chi connectivity index (χ2v) is 16.0. The van der Waals surface area contributed by atoms with Crippen LogP contribution >= 0.6 is 11.3 Å². The maximum Gasteiger partial charge on any atom is 0.0541 e. The van der Waals surface area contributed by atoms with Crippen molar-refractivity contribution in [1.29, 1.82) is 0 Å². The van der Waals surface area contributed by atoms with E-state index >= 15 is 0 Å². The van der Waals surface area contributed by atoms with E-state index in [1.54, 1.807) is 0 Å². The molecule has 2 aromatic heterocycles. The second-order valence-electron chi connectivity index (χ2n) is 15.0. The molecule has 10 aromatic rings. The van der Waals surface area contributed by atoms with Crippen molar-refractivity contribution in [2.24, 2.45) is 0 Å². The number of para-hydroxylation sites is 3. The highest BCUT2D eigenvalue weighted by Gasteiger charge is 2.36. The number of thiophene rings is 1. The van der Waals surface area contributed by atoms with Crippen LogP contribution in [0.25, 0.3) is 69.9 Å². The summed E-state index contributed by atoms with van der Waals surface area (Å²) in [6.45, 7) is 4.75. The minimum Gasteiger partial charge on any atom is -0.310 e. The number of hydrogen-bond donors (Lipinski definition) is 0. The highest BCUT2D eigenvalue weighted by molar-refractivity contribution is 7.26. The normalized spacial score (nSPS) is 13.1. The van der Waals surface area contributed by atoms with Gasteiger partial charge < -0.3 is 9.47 Å². The molecule has 0 saturated heterocycles. The molecular formula is C51H36N2S. The van der Waals surface area contributed by atoms with E-state index in [9.17, 15) is 0 Å². The lowest BCUT2D eigenvalue weighted by atomic mass is 9.82. The Morgan fingerprint density at radius 2 is 1.07 bits per heavy atom. The second kappa shape index (κ2) is 11.8. The van der Waals surface area contributed by atoms with Crippen LogP contribution in [0.5, 0.6) is 0 Å². The molecule has 0 fully saturated rings. The summed E-state index contributed by atoms with van der Waals surface area (Å²) < 4.78 is 5.09. The molecule has 0 radical (unpaired) electrons. The fraction of sp³-hybridized carbons (Fsp3) is 0.0588. The number of anilines is 3. The van der Waals surface area contributed by atoms with Gasteiger partial charge in [0.2, 0.25) is 0 Å². The van der Waals surface area contributed by atoms with Crippen LogP contribution in [0.15, 0.2) is 182 Å². The van der Waals surface area contributed by atoms with Gasteiger partial charge in [0.15, 0.2) is 0 Å². The third kappa shape index (κ3) is 4.58. The summed E-state index contributed by atoms with van der Waals surface area (Å²) in [4.78, 5) is 2.40. The predicted molar refractivity (Wildman–Crippen MR) is 231 cm³/mol. The molecule has 0 unspecified atom stereocenters. The molecular weight excluding hydrogens is 673 g/mol. The lowest BCUT2D eigenvalue weighted by molar-refractivity contribution is 0.660. The first-order valence-electron chi connectivity index (χ1n) is 18.7. The molecule has 11 rings (SSSR count). The molecule has 0 aliphatic heterocycles. The maximum absolute atomic E-state index is 2.42. The highest BCUT2D eigenvalue weighted by atomic mass is 32.1. The molecule has 8 aromatic carbocycles.